The van der Waals surface area contributed by atoms with Crippen LogP contribution in [0.15, 0.2) is 18.2 Å². The largest absolute Gasteiger partial charge is 0.392 e. The summed E-state index contributed by atoms with van der Waals surface area (Å²) in [5.41, 5.74) is 3.55. The summed E-state index contributed by atoms with van der Waals surface area (Å²) in [6.45, 7) is 4.90. The van der Waals surface area contributed by atoms with Gasteiger partial charge in [0.05, 0.1) is 17.1 Å². The number of nitrogens with zero attached hydrogens (tertiary/aromatic N) is 3. The van der Waals surface area contributed by atoms with Crippen LogP contribution < -0.4 is 0 Å². The summed E-state index contributed by atoms with van der Waals surface area (Å²) in [7, 11) is 2.09. The molecular formula is C15H21N3O. The van der Waals surface area contributed by atoms with Crippen molar-refractivity contribution in [3.8, 4) is 0 Å². The topological polar surface area (TPSA) is 41.3 Å². The highest BCUT2D eigenvalue weighted by Crippen LogP contribution is 2.17. The number of benzene rings is 1. The van der Waals surface area contributed by atoms with E-state index in [0.717, 1.165) is 43.8 Å². The lowest BCUT2D eigenvalue weighted by molar-refractivity contribution is 0.176. The summed E-state index contributed by atoms with van der Waals surface area (Å²) in [5, 5.41) is 9.53. The lowest BCUT2D eigenvalue weighted by atomic mass is 10.2. The maximum atomic E-state index is 9.53. The van der Waals surface area contributed by atoms with Gasteiger partial charge in [-0.15, -0.1) is 0 Å². The van der Waals surface area contributed by atoms with E-state index in [4.69, 9.17) is 4.98 Å². The van der Waals surface area contributed by atoms with Gasteiger partial charge in [-0.25, -0.2) is 4.98 Å². The molecule has 2 aromatic rings. The minimum absolute atomic E-state index is 0.136. The van der Waals surface area contributed by atoms with E-state index in [-0.39, 0.29) is 6.10 Å². The lowest BCUT2D eigenvalue weighted by Gasteiger charge is -2.14. The number of hydrogen-bond acceptors (Lipinski definition) is 3. The lowest BCUT2D eigenvalue weighted by Crippen LogP contribution is -2.25. The molecule has 0 spiro atoms. The Labute approximate surface area is 113 Å². The Morgan fingerprint density at radius 2 is 2.26 bits per heavy atom. The number of likely N-dealkylation sites (tertiary alicyclic amines) is 1. The van der Waals surface area contributed by atoms with E-state index >= 15 is 0 Å². The van der Waals surface area contributed by atoms with Crippen LogP contribution in [0.1, 0.15) is 17.8 Å². The predicted octanol–water partition coefficient (Wildman–Crippen LogP) is 1.49. The van der Waals surface area contributed by atoms with Crippen LogP contribution in [-0.2, 0) is 13.5 Å². The molecule has 1 aliphatic rings. The number of fused-ring (bicyclic) bond motifs is 1. The molecule has 1 fully saturated rings. The first-order valence-corrected chi connectivity index (χ1v) is 6.96. The first-order valence-electron chi connectivity index (χ1n) is 6.96. The maximum absolute atomic E-state index is 9.53. The van der Waals surface area contributed by atoms with Gasteiger partial charge in [0, 0.05) is 33.1 Å². The van der Waals surface area contributed by atoms with E-state index < -0.39 is 0 Å². The van der Waals surface area contributed by atoms with Gasteiger partial charge in [-0.2, -0.15) is 0 Å². The molecule has 0 bridgehead atoms. The third kappa shape index (κ3) is 2.51. The molecule has 102 valence electrons. The van der Waals surface area contributed by atoms with Gasteiger partial charge in [-0.05, 0) is 31.0 Å². The average Bonchev–Trinajstić information content (AvgIpc) is 2.93. The molecule has 1 atom stereocenters. The van der Waals surface area contributed by atoms with Crippen molar-refractivity contribution in [2.75, 3.05) is 19.6 Å². The minimum Gasteiger partial charge on any atom is -0.392 e. The normalized spacial score (nSPS) is 20.5. The Morgan fingerprint density at radius 1 is 1.42 bits per heavy atom. The number of imidazole rings is 1. The molecule has 4 heteroatoms. The van der Waals surface area contributed by atoms with Crippen molar-refractivity contribution in [2.24, 2.45) is 7.05 Å². The van der Waals surface area contributed by atoms with Gasteiger partial charge in [0.15, 0.2) is 0 Å². The van der Waals surface area contributed by atoms with Crippen molar-refractivity contribution in [3.05, 3.63) is 29.6 Å². The van der Waals surface area contributed by atoms with E-state index in [1.54, 1.807) is 0 Å². The number of aryl methyl sites for hydroxylation is 2. The summed E-state index contributed by atoms with van der Waals surface area (Å²) in [4.78, 5) is 7.02. The van der Waals surface area contributed by atoms with E-state index in [1.807, 2.05) is 0 Å². The van der Waals surface area contributed by atoms with Crippen molar-refractivity contribution < 1.29 is 5.11 Å². The van der Waals surface area contributed by atoms with Crippen LogP contribution in [0.5, 0.6) is 0 Å². The van der Waals surface area contributed by atoms with Crippen molar-refractivity contribution in [1.29, 1.82) is 0 Å². The fourth-order valence-corrected chi connectivity index (χ4v) is 2.85. The Kier molecular flexibility index (Phi) is 3.29. The second-order valence-electron chi connectivity index (χ2n) is 5.57. The van der Waals surface area contributed by atoms with Gasteiger partial charge in [0.2, 0.25) is 0 Å². The number of aromatic nitrogens is 2. The van der Waals surface area contributed by atoms with Crippen molar-refractivity contribution in [2.45, 2.75) is 25.9 Å². The highest BCUT2D eigenvalue weighted by molar-refractivity contribution is 5.76. The zero-order chi connectivity index (χ0) is 13.4. The average molecular weight is 259 g/mol. The SMILES string of the molecule is Cc1ccc2nc(CCN3CCC(O)C3)n(C)c2c1. The minimum atomic E-state index is -0.136. The maximum Gasteiger partial charge on any atom is 0.110 e. The molecule has 3 rings (SSSR count). The van der Waals surface area contributed by atoms with Crippen molar-refractivity contribution in [1.82, 2.24) is 14.5 Å². The second-order valence-corrected chi connectivity index (χ2v) is 5.57. The summed E-state index contributed by atoms with van der Waals surface area (Å²) >= 11 is 0. The van der Waals surface area contributed by atoms with Gasteiger partial charge in [-0.3, -0.25) is 0 Å². The fraction of sp³-hybridized carbons (Fsp3) is 0.533. The molecule has 19 heavy (non-hydrogen) atoms. The van der Waals surface area contributed by atoms with E-state index in [0.29, 0.717) is 0 Å². The molecule has 4 nitrogen and oxygen atoms in total. The van der Waals surface area contributed by atoms with Gasteiger partial charge >= 0.3 is 0 Å². The van der Waals surface area contributed by atoms with Crippen molar-refractivity contribution >= 4 is 11.0 Å². The van der Waals surface area contributed by atoms with E-state index in [9.17, 15) is 5.11 Å². The third-order valence-electron chi connectivity index (χ3n) is 4.03. The van der Waals surface area contributed by atoms with Gasteiger partial charge in [0.25, 0.3) is 0 Å². The fourth-order valence-electron chi connectivity index (χ4n) is 2.85. The number of aliphatic hydroxyl groups excluding tert-OH is 1. The summed E-state index contributed by atoms with van der Waals surface area (Å²) in [5.74, 6) is 1.13. The molecular weight excluding hydrogens is 238 g/mol. The number of β-amino-alcohol motifs (C(OH)–C–C–N with tert-alkyl or cyclic N) is 1. The molecule has 2 heterocycles. The zero-order valence-electron chi connectivity index (χ0n) is 11.6. The Balaban J connectivity index is 1.76. The molecule has 0 radical (unpaired) electrons. The first kappa shape index (κ1) is 12.6. The van der Waals surface area contributed by atoms with E-state index in [2.05, 4.69) is 41.6 Å². The number of aliphatic hydroxyl groups is 1. The Bertz CT molecular complexity index is 590. The number of hydrogen-bond donors (Lipinski definition) is 1. The number of rotatable bonds is 3. The van der Waals surface area contributed by atoms with Gasteiger partial charge in [-0.1, -0.05) is 6.07 Å². The van der Waals surface area contributed by atoms with E-state index in [1.165, 1.54) is 11.1 Å². The van der Waals surface area contributed by atoms with Crippen molar-refractivity contribution in [3.63, 3.8) is 0 Å². The highest BCUT2D eigenvalue weighted by Gasteiger charge is 2.20. The molecule has 0 saturated carbocycles. The summed E-state index contributed by atoms with van der Waals surface area (Å²) in [6, 6.07) is 6.38. The summed E-state index contributed by atoms with van der Waals surface area (Å²) in [6.07, 6.45) is 1.71. The van der Waals surface area contributed by atoms with Gasteiger partial charge < -0.3 is 14.6 Å². The zero-order valence-corrected chi connectivity index (χ0v) is 11.6. The van der Waals surface area contributed by atoms with Crippen LogP contribution in [0.2, 0.25) is 0 Å². The van der Waals surface area contributed by atoms with Crippen LogP contribution in [0.4, 0.5) is 0 Å². The summed E-state index contributed by atoms with van der Waals surface area (Å²) < 4.78 is 2.19. The smallest absolute Gasteiger partial charge is 0.110 e. The van der Waals surface area contributed by atoms with Crippen LogP contribution >= 0.6 is 0 Å². The van der Waals surface area contributed by atoms with Gasteiger partial charge in [0.1, 0.15) is 5.82 Å². The molecule has 1 aliphatic heterocycles. The first-order chi connectivity index (χ1) is 9.13. The molecule has 1 saturated heterocycles. The molecule has 1 unspecified atom stereocenters. The Hall–Kier alpha value is -1.39. The van der Waals surface area contributed by atoms with Crippen LogP contribution in [-0.4, -0.2) is 45.3 Å². The monoisotopic (exact) mass is 259 g/mol. The molecule has 1 aromatic heterocycles. The highest BCUT2D eigenvalue weighted by atomic mass is 16.3. The van der Waals surface area contributed by atoms with Crippen LogP contribution in [0.25, 0.3) is 11.0 Å². The molecule has 1 aromatic carbocycles. The molecule has 0 aliphatic carbocycles. The van der Waals surface area contributed by atoms with Crippen LogP contribution in [0, 0.1) is 6.92 Å². The van der Waals surface area contributed by atoms with Crippen LogP contribution in [0.3, 0.4) is 0 Å². The predicted molar refractivity (Wildman–Crippen MR) is 76.2 cm³/mol. The molecule has 1 N–H and O–H groups in total. The Morgan fingerprint density at radius 3 is 3.00 bits per heavy atom. The standard InChI is InChI=1S/C15H21N3O/c1-11-3-4-13-14(9-11)17(2)15(16-13)6-8-18-7-5-12(19)10-18/h3-4,9,12,19H,5-8,10H2,1-2H3. The second kappa shape index (κ2) is 4.94. The third-order valence-corrected chi connectivity index (χ3v) is 4.03. The molecule has 0 amide bonds. The quantitative estimate of drug-likeness (QED) is 0.908.